The molecule has 2 radical (unpaired) electrons. The average Bonchev–Trinajstić information content (AvgIpc) is 3.13. The van der Waals surface area contributed by atoms with Gasteiger partial charge in [0.15, 0.2) is 0 Å². The minimum atomic E-state index is -1.02. The lowest BCUT2D eigenvalue weighted by Crippen LogP contribution is -1.97. The van der Waals surface area contributed by atoms with Gasteiger partial charge in [0.1, 0.15) is 37.6 Å². The molecule has 2 heterocycles. The largest absolute Gasteiger partial charge is 0.446 e. The van der Waals surface area contributed by atoms with Crippen LogP contribution < -0.4 is 5.63 Å². The molecule has 0 spiro atoms. The molecule has 3 rings (SSSR count). The van der Waals surface area contributed by atoms with E-state index in [0.29, 0.717) is 22.8 Å². The zero-order valence-electron chi connectivity index (χ0n) is 12.1. The lowest BCUT2D eigenvalue weighted by Gasteiger charge is -2.03. The van der Waals surface area contributed by atoms with Crippen molar-refractivity contribution in [3.63, 3.8) is 0 Å². The SMILES string of the molecule is [B]P(C)OCc1nc(-c2[nH]oc(=O)c2-c2ccc(F)cc2)co1. The van der Waals surface area contributed by atoms with Gasteiger partial charge in [-0.1, -0.05) is 12.1 Å². The molecule has 23 heavy (non-hydrogen) atoms. The molecular formula is C14H11BFN2O4P. The molecule has 0 aliphatic rings. The predicted octanol–water partition coefficient (Wildman–Crippen LogP) is 3.06. The van der Waals surface area contributed by atoms with Crippen LogP contribution in [0.3, 0.4) is 0 Å². The predicted molar refractivity (Wildman–Crippen MR) is 83.6 cm³/mol. The van der Waals surface area contributed by atoms with Crippen molar-refractivity contribution in [1.29, 1.82) is 0 Å². The first-order valence-electron chi connectivity index (χ1n) is 6.58. The number of aromatic amines is 1. The Kier molecular flexibility index (Phi) is 4.45. The van der Waals surface area contributed by atoms with Crippen LogP contribution in [0.25, 0.3) is 22.5 Å². The van der Waals surface area contributed by atoms with Gasteiger partial charge in [0, 0.05) is 0 Å². The van der Waals surface area contributed by atoms with Crippen molar-refractivity contribution in [3.05, 3.63) is 52.7 Å². The van der Waals surface area contributed by atoms with Crippen LogP contribution in [0.1, 0.15) is 5.89 Å². The van der Waals surface area contributed by atoms with Crippen LogP contribution in [-0.4, -0.2) is 24.4 Å². The quantitative estimate of drug-likeness (QED) is 0.574. The number of aromatic nitrogens is 2. The highest BCUT2D eigenvalue weighted by Crippen LogP contribution is 2.29. The zero-order valence-corrected chi connectivity index (χ0v) is 13.0. The maximum atomic E-state index is 13.0. The fourth-order valence-corrected chi connectivity index (χ4v) is 2.32. The van der Waals surface area contributed by atoms with E-state index in [1.54, 1.807) is 6.66 Å². The maximum absolute atomic E-state index is 13.0. The van der Waals surface area contributed by atoms with Gasteiger partial charge in [-0.15, -0.1) is 0 Å². The highest BCUT2D eigenvalue weighted by molar-refractivity contribution is 7.77. The molecule has 116 valence electrons. The number of halogens is 1. The topological polar surface area (TPSA) is 81.3 Å². The fraction of sp³-hybridized carbons (Fsp3) is 0.143. The summed E-state index contributed by atoms with van der Waals surface area (Å²) in [6.45, 7) is 1.88. The Bertz CT molecular complexity index is 856. The first-order chi connectivity index (χ1) is 11.0. The van der Waals surface area contributed by atoms with E-state index in [1.807, 2.05) is 0 Å². The third kappa shape index (κ3) is 3.43. The molecule has 1 unspecified atom stereocenters. The maximum Gasteiger partial charge on any atom is 0.365 e. The summed E-state index contributed by atoms with van der Waals surface area (Å²) in [6, 6.07) is 5.50. The number of benzene rings is 1. The molecule has 0 amide bonds. The van der Waals surface area contributed by atoms with Crippen molar-refractivity contribution in [1.82, 2.24) is 10.1 Å². The van der Waals surface area contributed by atoms with Crippen LogP contribution in [0.2, 0.25) is 0 Å². The summed E-state index contributed by atoms with van der Waals surface area (Å²) in [5, 5.41) is 2.52. The number of hydrogen-bond donors (Lipinski definition) is 1. The Morgan fingerprint density at radius 1 is 1.39 bits per heavy atom. The molecule has 3 aromatic rings. The summed E-state index contributed by atoms with van der Waals surface area (Å²) < 4.78 is 28.4. The normalized spacial score (nSPS) is 12.4. The number of nitrogens with zero attached hydrogens (tertiary/aromatic N) is 1. The Morgan fingerprint density at radius 3 is 2.83 bits per heavy atom. The number of nitrogens with one attached hydrogen (secondary N) is 1. The number of H-pyrrole nitrogens is 1. The number of oxazole rings is 1. The number of rotatable bonds is 5. The van der Waals surface area contributed by atoms with E-state index in [4.69, 9.17) is 21.0 Å². The minimum Gasteiger partial charge on any atom is -0.446 e. The van der Waals surface area contributed by atoms with E-state index in [2.05, 4.69) is 10.1 Å². The van der Waals surface area contributed by atoms with E-state index in [9.17, 15) is 9.18 Å². The summed E-state index contributed by atoms with van der Waals surface area (Å²) in [4.78, 5) is 16.2. The van der Waals surface area contributed by atoms with E-state index in [1.165, 1.54) is 30.5 Å². The Labute approximate surface area is 132 Å². The highest BCUT2D eigenvalue weighted by atomic mass is 31.1. The second-order valence-electron chi connectivity index (χ2n) is 4.69. The van der Waals surface area contributed by atoms with Gasteiger partial charge in [-0.3, -0.25) is 0 Å². The molecule has 9 heteroatoms. The van der Waals surface area contributed by atoms with Crippen molar-refractivity contribution in [2.75, 3.05) is 6.66 Å². The zero-order chi connectivity index (χ0) is 16.4. The second kappa shape index (κ2) is 6.52. The summed E-state index contributed by atoms with van der Waals surface area (Å²) in [5.74, 6) is -0.0687. The van der Waals surface area contributed by atoms with Crippen molar-refractivity contribution in [2.45, 2.75) is 6.61 Å². The molecule has 2 aromatic heterocycles. The van der Waals surface area contributed by atoms with E-state index in [-0.39, 0.29) is 12.2 Å². The summed E-state index contributed by atoms with van der Waals surface area (Å²) >= 11 is 0. The minimum absolute atomic E-state index is 0.132. The monoisotopic (exact) mass is 332 g/mol. The molecule has 1 N–H and O–H groups in total. The van der Waals surface area contributed by atoms with E-state index in [0.717, 1.165) is 0 Å². The molecule has 0 saturated carbocycles. The lowest BCUT2D eigenvalue weighted by molar-refractivity contribution is 0.295. The van der Waals surface area contributed by atoms with Crippen LogP contribution in [0.5, 0.6) is 0 Å². The summed E-state index contributed by atoms with van der Waals surface area (Å²) in [6.07, 6.45) is 1.38. The van der Waals surface area contributed by atoms with E-state index >= 15 is 0 Å². The Morgan fingerprint density at radius 2 is 2.13 bits per heavy atom. The van der Waals surface area contributed by atoms with Crippen LogP contribution in [0.4, 0.5) is 4.39 Å². The van der Waals surface area contributed by atoms with Crippen molar-refractivity contribution >= 4 is 15.6 Å². The summed E-state index contributed by atoms with van der Waals surface area (Å²) in [7, 11) is 4.53. The lowest BCUT2D eigenvalue weighted by atomic mass is 10.1. The number of hydrogen-bond acceptors (Lipinski definition) is 5. The smallest absolute Gasteiger partial charge is 0.365 e. The van der Waals surface area contributed by atoms with Crippen LogP contribution in [0, 0.1) is 5.82 Å². The molecule has 0 aliphatic carbocycles. The Balaban J connectivity index is 1.95. The van der Waals surface area contributed by atoms with Crippen molar-refractivity contribution < 1.29 is 17.9 Å². The first kappa shape index (κ1) is 15.7. The molecule has 0 aliphatic heterocycles. The first-order valence-corrected chi connectivity index (χ1v) is 8.35. The summed E-state index contributed by atoms with van der Waals surface area (Å²) in [5.41, 5.74) is 0.916. The molecule has 6 nitrogen and oxygen atoms in total. The van der Waals surface area contributed by atoms with Gasteiger partial charge < -0.3 is 13.5 Å². The average molecular weight is 332 g/mol. The highest BCUT2D eigenvalue weighted by Gasteiger charge is 2.19. The van der Waals surface area contributed by atoms with Crippen LogP contribution in [-0.2, 0) is 11.1 Å². The van der Waals surface area contributed by atoms with Gasteiger partial charge in [-0.2, -0.15) is 0 Å². The van der Waals surface area contributed by atoms with Gasteiger partial charge >= 0.3 is 5.63 Å². The van der Waals surface area contributed by atoms with E-state index < -0.39 is 19.5 Å². The van der Waals surface area contributed by atoms with Gasteiger partial charge in [0.25, 0.3) is 0 Å². The third-order valence-corrected chi connectivity index (χ3v) is 3.57. The van der Waals surface area contributed by atoms with Gasteiger partial charge in [0.2, 0.25) is 5.89 Å². The molecule has 1 atom stereocenters. The fourth-order valence-electron chi connectivity index (χ4n) is 2.01. The molecule has 0 saturated heterocycles. The standard InChI is InChI=1S/C14H11BFN2O4P/c1-23(15)21-7-11-17-10(6-20-11)13-12(14(19)22-18-13)8-2-4-9(16)5-3-8/h2-6,18H,7H2,1H3. The second-order valence-corrected chi connectivity index (χ2v) is 6.05. The van der Waals surface area contributed by atoms with Crippen LogP contribution >= 0.6 is 8.03 Å². The Hall–Kier alpha value is -2.18. The van der Waals surface area contributed by atoms with Gasteiger partial charge in [-0.05, 0) is 32.4 Å². The van der Waals surface area contributed by atoms with Crippen molar-refractivity contribution in [3.8, 4) is 22.5 Å². The van der Waals surface area contributed by atoms with Gasteiger partial charge in [0.05, 0.1) is 5.56 Å². The third-order valence-electron chi connectivity index (χ3n) is 3.03. The molecule has 0 fully saturated rings. The van der Waals surface area contributed by atoms with Crippen LogP contribution in [0.15, 0.2) is 44.3 Å². The molecule has 0 bridgehead atoms. The van der Waals surface area contributed by atoms with Crippen molar-refractivity contribution in [2.24, 2.45) is 0 Å². The molecular weight excluding hydrogens is 321 g/mol. The molecule has 1 aromatic carbocycles. The van der Waals surface area contributed by atoms with Gasteiger partial charge in [-0.25, -0.2) is 19.3 Å².